The molecule has 0 aliphatic heterocycles. The molecule has 1 aromatic heterocycles. The van der Waals surface area contributed by atoms with Crippen LogP contribution >= 0.6 is 11.6 Å². The van der Waals surface area contributed by atoms with Gasteiger partial charge in [0.1, 0.15) is 18.2 Å². The zero-order chi connectivity index (χ0) is 15.4. The molecule has 2 rings (SSSR count). The maximum Gasteiger partial charge on any atom is 0.141 e. The van der Waals surface area contributed by atoms with E-state index in [1.54, 1.807) is 12.1 Å². The summed E-state index contributed by atoms with van der Waals surface area (Å²) in [4.78, 5) is 4.44. The monoisotopic (exact) mass is 308 g/mol. The summed E-state index contributed by atoms with van der Waals surface area (Å²) >= 11 is 5.73. The van der Waals surface area contributed by atoms with Gasteiger partial charge in [0.25, 0.3) is 0 Å². The third kappa shape index (κ3) is 4.41. The van der Waals surface area contributed by atoms with Gasteiger partial charge in [-0.25, -0.2) is 4.39 Å². The third-order valence-electron chi connectivity index (χ3n) is 2.99. The highest BCUT2D eigenvalue weighted by Gasteiger charge is 2.10. The molecule has 0 spiro atoms. The number of halogens is 2. The summed E-state index contributed by atoms with van der Waals surface area (Å²) < 4.78 is 19.4. The predicted octanol–water partition coefficient (Wildman–Crippen LogP) is 3.65. The number of hydrogen-bond donors (Lipinski definition) is 1. The van der Waals surface area contributed by atoms with Gasteiger partial charge in [0.2, 0.25) is 0 Å². The van der Waals surface area contributed by atoms with Crippen LogP contribution in [0.1, 0.15) is 23.9 Å². The first-order valence-corrected chi connectivity index (χ1v) is 7.12. The quantitative estimate of drug-likeness (QED) is 0.917. The Labute approximate surface area is 128 Å². The second-order valence-corrected chi connectivity index (χ2v) is 5.54. The topological polar surface area (TPSA) is 48.1 Å². The third-order valence-corrected chi connectivity index (χ3v) is 3.22. The SMILES string of the molecule is Cc1ccc(OCc2ccc(Cl)cc2F)c(CC(C)N)n1. The van der Waals surface area contributed by atoms with Crippen molar-refractivity contribution in [2.24, 2.45) is 5.73 Å². The Morgan fingerprint density at radius 3 is 2.76 bits per heavy atom. The summed E-state index contributed by atoms with van der Waals surface area (Å²) in [6.45, 7) is 3.94. The van der Waals surface area contributed by atoms with Crippen LogP contribution in [0.25, 0.3) is 0 Å². The number of ether oxygens (including phenoxy) is 1. The van der Waals surface area contributed by atoms with E-state index >= 15 is 0 Å². The van der Waals surface area contributed by atoms with E-state index in [0.29, 0.717) is 22.8 Å². The predicted molar refractivity (Wildman–Crippen MR) is 82.1 cm³/mol. The molecule has 2 aromatic rings. The summed E-state index contributed by atoms with van der Waals surface area (Å²) in [5.74, 6) is 0.253. The molecular weight excluding hydrogens is 291 g/mol. The molecule has 21 heavy (non-hydrogen) atoms. The molecule has 3 nitrogen and oxygen atoms in total. The van der Waals surface area contributed by atoms with Crippen molar-refractivity contribution in [2.45, 2.75) is 32.9 Å². The van der Waals surface area contributed by atoms with Gasteiger partial charge in [0.05, 0.1) is 5.69 Å². The second kappa shape index (κ2) is 6.87. The van der Waals surface area contributed by atoms with E-state index in [-0.39, 0.29) is 18.5 Å². The highest BCUT2D eigenvalue weighted by molar-refractivity contribution is 6.30. The lowest BCUT2D eigenvalue weighted by molar-refractivity contribution is 0.294. The number of pyridine rings is 1. The van der Waals surface area contributed by atoms with Crippen molar-refractivity contribution in [1.82, 2.24) is 4.98 Å². The van der Waals surface area contributed by atoms with Crippen molar-refractivity contribution in [3.05, 3.63) is 58.1 Å². The molecule has 1 atom stereocenters. The summed E-state index contributed by atoms with van der Waals surface area (Å²) in [6, 6.07) is 8.21. The van der Waals surface area contributed by atoms with Crippen LogP contribution in [-0.2, 0) is 13.0 Å². The normalized spacial score (nSPS) is 12.2. The average molecular weight is 309 g/mol. The molecule has 0 aliphatic rings. The minimum atomic E-state index is -0.378. The van der Waals surface area contributed by atoms with Crippen molar-refractivity contribution in [3.63, 3.8) is 0 Å². The van der Waals surface area contributed by atoms with E-state index in [2.05, 4.69) is 4.98 Å². The van der Waals surface area contributed by atoms with E-state index in [1.165, 1.54) is 6.07 Å². The largest absolute Gasteiger partial charge is 0.487 e. The number of benzene rings is 1. The fourth-order valence-corrected chi connectivity index (χ4v) is 2.13. The number of aromatic nitrogens is 1. The molecule has 0 saturated carbocycles. The Kier molecular flexibility index (Phi) is 5.15. The first-order chi connectivity index (χ1) is 9.95. The van der Waals surface area contributed by atoms with Crippen molar-refractivity contribution in [2.75, 3.05) is 0 Å². The van der Waals surface area contributed by atoms with E-state index in [4.69, 9.17) is 22.1 Å². The molecule has 0 radical (unpaired) electrons. The average Bonchev–Trinajstić information content (AvgIpc) is 2.39. The van der Waals surface area contributed by atoms with E-state index in [9.17, 15) is 4.39 Å². The van der Waals surface area contributed by atoms with Crippen molar-refractivity contribution < 1.29 is 9.13 Å². The Morgan fingerprint density at radius 2 is 2.10 bits per heavy atom. The van der Waals surface area contributed by atoms with E-state index < -0.39 is 0 Å². The lowest BCUT2D eigenvalue weighted by Gasteiger charge is -2.13. The Bertz CT molecular complexity index is 632. The van der Waals surface area contributed by atoms with Crippen molar-refractivity contribution in [1.29, 1.82) is 0 Å². The molecule has 112 valence electrons. The lowest BCUT2D eigenvalue weighted by Crippen LogP contribution is -2.19. The molecule has 0 bridgehead atoms. The number of rotatable bonds is 5. The minimum Gasteiger partial charge on any atom is -0.487 e. The molecule has 1 unspecified atom stereocenters. The molecule has 5 heteroatoms. The molecule has 0 fully saturated rings. The Morgan fingerprint density at radius 1 is 1.33 bits per heavy atom. The Balaban J connectivity index is 2.15. The fraction of sp³-hybridized carbons (Fsp3) is 0.312. The van der Waals surface area contributed by atoms with Gasteiger partial charge in [-0.05, 0) is 38.1 Å². The van der Waals surface area contributed by atoms with Gasteiger partial charge in [-0.3, -0.25) is 4.98 Å². The number of hydrogen-bond acceptors (Lipinski definition) is 3. The van der Waals surface area contributed by atoms with Crippen LogP contribution in [-0.4, -0.2) is 11.0 Å². The molecule has 0 amide bonds. The minimum absolute atomic E-state index is 0.0195. The number of nitrogens with two attached hydrogens (primary N) is 1. The summed E-state index contributed by atoms with van der Waals surface area (Å²) in [7, 11) is 0. The van der Waals surface area contributed by atoms with E-state index in [1.807, 2.05) is 26.0 Å². The van der Waals surface area contributed by atoms with Gasteiger partial charge in [-0.2, -0.15) is 0 Å². The van der Waals surface area contributed by atoms with Gasteiger partial charge in [-0.15, -0.1) is 0 Å². The maximum atomic E-state index is 13.7. The molecule has 0 aliphatic carbocycles. The van der Waals surface area contributed by atoms with Crippen molar-refractivity contribution >= 4 is 11.6 Å². The number of aryl methyl sites for hydroxylation is 1. The molecular formula is C16H18ClFN2O. The maximum absolute atomic E-state index is 13.7. The van der Waals surface area contributed by atoms with Crippen LogP contribution < -0.4 is 10.5 Å². The fourth-order valence-electron chi connectivity index (χ4n) is 1.97. The summed E-state index contributed by atoms with van der Waals surface area (Å²) in [5, 5.41) is 0.367. The zero-order valence-electron chi connectivity index (χ0n) is 12.1. The smallest absolute Gasteiger partial charge is 0.141 e. The van der Waals surface area contributed by atoms with Crippen molar-refractivity contribution in [3.8, 4) is 5.75 Å². The van der Waals surface area contributed by atoms with Gasteiger partial charge in [0, 0.05) is 28.7 Å². The summed E-state index contributed by atoms with van der Waals surface area (Å²) in [6.07, 6.45) is 0.611. The van der Waals surface area contributed by atoms with Crippen LogP contribution in [0.15, 0.2) is 30.3 Å². The van der Waals surface area contributed by atoms with Gasteiger partial charge >= 0.3 is 0 Å². The summed E-state index contributed by atoms with van der Waals surface area (Å²) in [5.41, 5.74) is 7.96. The first kappa shape index (κ1) is 15.7. The van der Waals surface area contributed by atoms with Gasteiger partial charge < -0.3 is 10.5 Å². The highest BCUT2D eigenvalue weighted by atomic mass is 35.5. The second-order valence-electron chi connectivity index (χ2n) is 5.10. The van der Waals surface area contributed by atoms with Crippen LogP contribution in [0.5, 0.6) is 5.75 Å². The molecule has 1 heterocycles. The lowest BCUT2D eigenvalue weighted by atomic mass is 10.1. The zero-order valence-corrected chi connectivity index (χ0v) is 12.8. The van der Waals surface area contributed by atoms with E-state index in [0.717, 1.165) is 11.4 Å². The Hall–Kier alpha value is -1.65. The van der Waals surface area contributed by atoms with Crippen LogP contribution in [0, 0.1) is 12.7 Å². The van der Waals surface area contributed by atoms with Crippen LogP contribution in [0.3, 0.4) is 0 Å². The molecule has 0 saturated heterocycles. The molecule has 1 aromatic carbocycles. The van der Waals surface area contributed by atoms with Crippen LogP contribution in [0.2, 0.25) is 5.02 Å². The molecule has 2 N–H and O–H groups in total. The van der Waals surface area contributed by atoms with Crippen LogP contribution in [0.4, 0.5) is 4.39 Å². The standard InChI is InChI=1S/C16H18ClFN2O/c1-10(19)7-15-16(6-3-11(2)20-15)21-9-12-4-5-13(17)8-14(12)18/h3-6,8,10H,7,9,19H2,1-2H3. The highest BCUT2D eigenvalue weighted by Crippen LogP contribution is 2.21. The van der Waals surface area contributed by atoms with Gasteiger partial charge in [-0.1, -0.05) is 17.7 Å². The number of nitrogens with zero attached hydrogens (tertiary/aromatic N) is 1. The van der Waals surface area contributed by atoms with Gasteiger partial charge in [0.15, 0.2) is 0 Å². The first-order valence-electron chi connectivity index (χ1n) is 6.74.